The lowest BCUT2D eigenvalue weighted by Crippen LogP contribution is -2.20. The SMILES string of the molecule is Cc1ccc(Oc2ccc(NCC(O)CCl)cc2)cc1. The van der Waals surface area contributed by atoms with Crippen molar-refractivity contribution in [2.24, 2.45) is 0 Å². The number of nitrogens with one attached hydrogen (secondary N) is 1. The summed E-state index contributed by atoms with van der Waals surface area (Å²) in [4.78, 5) is 0. The molecule has 0 aromatic heterocycles. The second-order valence-electron chi connectivity index (χ2n) is 4.63. The highest BCUT2D eigenvalue weighted by Crippen LogP contribution is 2.23. The lowest BCUT2D eigenvalue weighted by Gasteiger charge is -2.11. The number of aliphatic hydroxyl groups excluding tert-OH is 1. The molecule has 0 aliphatic carbocycles. The molecule has 0 saturated heterocycles. The van der Waals surface area contributed by atoms with Crippen molar-refractivity contribution in [3.63, 3.8) is 0 Å². The zero-order chi connectivity index (χ0) is 14.4. The molecule has 20 heavy (non-hydrogen) atoms. The van der Waals surface area contributed by atoms with Crippen molar-refractivity contribution < 1.29 is 9.84 Å². The van der Waals surface area contributed by atoms with Crippen LogP contribution in [0.2, 0.25) is 0 Å². The number of halogens is 1. The van der Waals surface area contributed by atoms with Crippen molar-refractivity contribution in [2.45, 2.75) is 13.0 Å². The van der Waals surface area contributed by atoms with Crippen LogP contribution in [0, 0.1) is 6.92 Å². The average Bonchev–Trinajstić information content (AvgIpc) is 2.48. The highest BCUT2D eigenvalue weighted by molar-refractivity contribution is 6.18. The molecule has 106 valence electrons. The van der Waals surface area contributed by atoms with Crippen molar-refractivity contribution in [3.05, 3.63) is 54.1 Å². The maximum atomic E-state index is 9.37. The first kappa shape index (κ1) is 14.7. The zero-order valence-electron chi connectivity index (χ0n) is 11.3. The van der Waals surface area contributed by atoms with Crippen LogP contribution >= 0.6 is 11.6 Å². The molecule has 1 unspecified atom stereocenters. The first-order valence-corrected chi connectivity index (χ1v) is 7.03. The van der Waals surface area contributed by atoms with Crippen LogP contribution in [0.5, 0.6) is 11.5 Å². The van der Waals surface area contributed by atoms with Gasteiger partial charge in [0, 0.05) is 12.2 Å². The minimum absolute atomic E-state index is 0.224. The number of hydrogen-bond donors (Lipinski definition) is 2. The molecular weight excluding hydrogens is 274 g/mol. The number of ether oxygens (including phenoxy) is 1. The van der Waals surface area contributed by atoms with Gasteiger partial charge in [-0.05, 0) is 43.3 Å². The monoisotopic (exact) mass is 291 g/mol. The maximum Gasteiger partial charge on any atom is 0.127 e. The van der Waals surface area contributed by atoms with Gasteiger partial charge >= 0.3 is 0 Å². The summed E-state index contributed by atoms with van der Waals surface area (Å²) >= 11 is 5.53. The summed E-state index contributed by atoms with van der Waals surface area (Å²) in [6.45, 7) is 2.47. The van der Waals surface area contributed by atoms with E-state index in [-0.39, 0.29) is 5.88 Å². The molecule has 0 amide bonds. The second-order valence-corrected chi connectivity index (χ2v) is 4.94. The zero-order valence-corrected chi connectivity index (χ0v) is 12.1. The molecule has 0 fully saturated rings. The molecule has 2 rings (SSSR count). The van der Waals surface area contributed by atoms with Crippen LogP contribution in [0.4, 0.5) is 5.69 Å². The molecular formula is C16H18ClNO2. The molecule has 0 aliphatic heterocycles. The fraction of sp³-hybridized carbons (Fsp3) is 0.250. The first-order valence-electron chi connectivity index (χ1n) is 6.50. The molecule has 0 radical (unpaired) electrons. The van der Waals surface area contributed by atoms with Crippen LogP contribution in [0.25, 0.3) is 0 Å². The highest BCUT2D eigenvalue weighted by Gasteiger charge is 2.02. The third-order valence-electron chi connectivity index (χ3n) is 2.83. The van der Waals surface area contributed by atoms with Crippen molar-refractivity contribution in [2.75, 3.05) is 17.7 Å². The predicted molar refractivity (Wildman–Crippen MR) is 82.9 cm³/mol. The van der Waals surface area contributed by atoms with Gasteiger partial charge in [0.15, 0.2) is 0 Å². The van der Waals surface area contributed by atoms with Crippen LogP contribution in [-0.4, -0.2) is 23.6 Å². The van der Waals surface area contributed by atoms with Crippen LogP contribution in [0.1, 0.15) is 5.56 Å². The third-order valence-corrected chi connectivity index (χ3v) is 3.19. The number of hydrogen-bond acceptors (Lipinski definition) is 3. The number of anilines is 1. The van der Waals surface area contributed by atoms with Gasteiger partial charge < -0.3 is 15.2 Å². The summed E-state index contributed by atoms with van der Waals surface area (Å²) in [6.07, 6.45) is -0.542. The molecule has 0 saturated carbocycles. The van der Waals surface area contributed by atoms with E-state index in [4.69, 9.17) is 16.3 Å². The lowest BCUT2D eigenvalue weighted by atomic mass is 10.2. The van der Waals surface area contributed by atoms with Crippen LogP contribution < -0.4 is 10.1 Å². The Labute approximate surface area is 124 Å². The number of aryl methyl sites for hydroxylation is 1. The Morgan fingerprint density at radius 2 is 1.60 bits per heavy atom. The number of benzene rings is 2. The summed E-state index contributed by atoms with van der Waals surface area (Å²) in [6, 6.07) is 15.5. The number of rotatable bonds is 6. The Balaban J connectivity index is 1.92. The number of alkyl halides is 1. The summed E-state index contributed by atoms with van der Waals surface area (Å²) in [5.74, 6) is 1.81. The van der Waals surface area contributed by atoms with Crippen molar-refractivity contribution in [1.29, 1.82) is 0 Å². The Kier molecular flexibility index (Phi) is 5.27. The van der Waals surface area contributed by atoms with Gasteiger partial charge in [0.25, 0.3) is 0 Å². The van der Waals surface area contributed by atoms with Crippen molar-refractivity contribution >= 4 is 17.3 Å². The summed E-state index contributed by atoms with van der Waals surface area (Å²) in [5.41, 5.74) is 2.13. The molecule has 2 N–H and O–H groups in total. The maximum absolute atomic E-state index is 9.37. The topological polar surface area (TPSA) is 41.5 Å². The molecule has 0 spiro atoms. The normalized spacial score (nSPS) is 11.9. The quantitative estimate of drug-likeness (QED) is 0.796. The van der Waals surface area contributed by atoms with Crippen LogP contribution in [0.3, 0.4) is 0 Å². The second kappa shape index (κ2) is 7.17. The summed E-state index contributed by atoms with van der Waals surface area (Å²) < 4.78 is 5.74. The highest BCUT2D eigenvalue weighted by atomic mass is 35.5. The van der Waals surface area contributed by atoms with E-state index < -0.39 is 6.10 Å². The van der Waals surface area contributed by atoms with Gasteiger partial charge in [0.2, 0.25) is 0 Å². The van der Waals surface area contributed by atoms with E-state index in [0.717, 1.165) is 17.2 Å². The van der Waals surface area contributed by atoms with Gasteiger partial charge in [-0.25, -0.2) is 0 Å². The third kappa shape index (κ3) is 4.44. The van der Waals surface area contributed by atoms with Gasteiger partial charge in [-0.3, -0.25) is 0 Å². The van der Waals surface area contributed by atoms with Crippen molar-refractivity contribution in [3.8, 4) is 11.5 Å². The lowest BCUT2D eigenvalue weighted by molar-refractivity contribution is 0.211. The van der Waals surface area contributed by atoms with E-state index in [9.17, 15) is 5.11 Å². The average molecular weight is 292 g/mol. The smallest absolute Gasteiger partial charge is 0.127 e. The molecule has 1 atom stereocenters. The first-order chi connectivity index (χ1) is 9.67. The van der Waals surface area contributed by atoms with Crippen LogP contribution in [0.15, 0.2) is 48.5 Å². The Hall–Kier alpha value is -1.71. The summed E-state index contributed by atoms with van der Waals surface area (Å²) in [7, 11) is 0. The van der Waals surface area contributed by atoms with Gasteiger partial charge in [0.1, 0.15) is 11.5 Å². The standard InChI is InChI=1S/C16H18ClNO2/c1-12-2-6-15(7-3-12)20-16-8-4-13(5-9-16)18-11-14(19)10-17/h2-9,14,18-19H,10-11H2,1H3. The van der Waals surface area contributed by atoms with E-state index >= 15 is 0 Å². The molecule has 4 heteroatoms. The Morgan fingerprint density at radius 1 is 1.05 bits per heavy atom. The van der Waals surface area contributed by atoms with Crippen molar-refractivity contribution in [1.82, 2.24) is 0 Å². The van der Waals surface area contributed by atoms with Gasteiger partial charge in [0.05, 0.1) is 12.0 Å². The van der Waals surface area contributed by atoms with E-state index in [2.05, 4.69) is 5.32 Å². The molecule has 0 bridgehead atoms. The van der Waals surface area contributed by atoms with E-state index in [1.807, 2.05) is 55.5 Å². The predicted octanol–water partition coefficient (Wildman–Crippen LogP) is 3.80. The summed E-state index contributed by atoms with van der Waals surface area (Å²) in [5, 5.41) is 12.5. The van der Waals surface area contributed by atoms with Gasteiger partial charge in [-0.2, -0.15) is 0 Å². The molecule has 0 heterocycles. The Bertz CT molecular complexity index is 525. The van der Waals surface area contributed by atoms with Gasteiger partial charge in [-0.1, -0.05) is 17.7 Å². The minimum Gasteiger partial charge on any atom is -0.457 e. The fourth-order valence-corrected chi connectivity index (χ4v) is 1.78. The fourth-order valence-electron chi connectivity index (χ4n) is 1.67. The van der Waals surface area contributed by atoms with E-state index in [1.54, 1.807) is 0 Å². The minimum atomic E-state index is -0.542. The number of aliphatic hydroxyl groups is 1. The largest absolute Gasteiger partial charge is 0.457 e. The molecule has 2 aromatic carbocycles. The van der Waals surface area contributed by atoms with E-state index in [0.29, 0.717) is 6.54 Å². The Morgan fingerprint density at radius 3 is 2.15 bits per heavy atom. The molecule has 0 aliphatic rings. The molecule has 2 aromatic rings. The molecule has 3 nitrogen and oxygen atoms in total. The van der Waals surface area contributed by atoms with Gasteiger partial charge in [-0.15, -0.1) is 11.6 Å². The van der Waals surface area contributed by atoms with Crippen LogP contribution in [-0.2, 0) is 0 Å². The van der Waals surface area contributed by atoms with E-state index in [1.165, 1.54) is 5.56 Å².